The first-order valence-electron chi connectivity index (χ1n) is 24.8. The number of unbranched alkanes of at least 4 members (excludes halogenated alkanes) is 1. The number of carboxylic acid groups (broad SMARTS) is 1. The zero-order valence-corrected chi connectivity index (χ0v) is 42.2. The van der Waals surface area contributed by atoms with E-state index in [1.165, 1.54) is 71.7 Å². The number of nitro groups is 1. The minimum atomic E-state index is -1.31. The SMILES string of the molecule is CCCC[C@H](NC(=O)[C@H](CC/C=C/C(=O)OC)CC(=O)c1ccccc1C(=O)O)C(=O)Cc1cccn(CC(=O)N2CCC[C@H]2C(=O)N[C@@H](Cc2c[nH]c3ccccc23)C(=O)N2CCC[C@H]2C(N)=O)c1=O.C[N+](=O)[O-]. The first-order valence-corrected chi connectivity index (χ1v) is 24.8. The molecule has 0 unspecified atom stereocenters. The van der Waals surface area contributed by atoms with E-state index in [0.29, 0.717) is 45.1 Å². The molecule has 6 N–H and O–H groups in total. The van der Waals surface area contributed by atoms with Gasteiger partial charge in [-0.1, -0.05) is 68.3 Å². The van der Waals surface area contributed by atoms with E-state index in [-0.39, 0.29) is 48.9 Å². The third-order valence-electron chi connectivity index (χ3n) is 13.2. The number of pyridine rings is 1. The molecule has 22 nitrogen and oxygen atoms in total. The van der Waals surface area contributed by atoms with Crippen LogP contribution in [0, 0.1) is 16.0 Å². The van der Waals surface area contributed by atoms with E-state index in [0.717, 1.165) is 28.1 Å². The molecule has 2 saturated heterocycles. The molecule has 0 aliphatic carbocycles. The molecule has 2 aliphatic heterocycles. The number of nitrogens with one attached hydrogen (secondary N) is 3. The standard InChI is InChI=1S/C52H61N7O12.CH3NO2/c1-3-4-19-39(55-48(65)32(14-5-10-23-46(63)71-2)28-43(60)36-17-6-7-18-37(36)52(69)70)44(61)29-33-15-11-24-57(50(33)67)31-45(62)58-25-13-22-42(58)49(66)56-40(51(68)59-26-12-21-41(59)47(53)64)27-34-30-54-38-20-9-8-16-35(34)38;1-2(3)4/h6-11,15-18,20,23-24,30,32,39-42,54H,3-5,12-14,19,21-22,25-29,31H2,1-2H3,(H2,53,64)(H,55,65)(H,56,66)(H,69,70);1H3/b23-10+;/t32-,39+,40+,41+,42+;/m1./s1. The Bertz CT molecular complexity index is 2850. The molecule has 0 radical (unpaired) electrons. The van der Waals surface area contributed by atoms with Crippen LogP contribution in [0.5, 0.6) is 0 Å². The van der Waals surface area contributed by atoms with Crippen LogP contribution in [0.4, 0.5) is 0 Å². The summed E-state index contributed by atoms with van der Waals surface area (Å²) in [5.74, 6) is -6.92. The van der Waals surface area contributed by atoms with Crippen LogP contribution in [-0.4, -0.2) is 134 Å². The number of methoxy groups -OCH3 is 1. The van der Waals surface area contributed by atoms with E-state index in [1.807, 2.05) is 31.2 Å². The predicted octanol–water partition coefficient (Wildman–Crippen LogP) is 3.30. The van der Waals surface area contributed by atoms with E-state index < -0.39 is 113 Å². The Hall–Kier alpha value is -8.30. The van der Waals surface area contributed by atoms with Crippen molar-refractivity contribution in [2.24, 2.45) is 11.7 Å². The fourth-order valence-electron chi connectivity index (χ4n) is 9.37. The number of hydrogen-bond acceptors (Lipinski definition) is 13. The van der Waals surface area contributed by atoms with Gasteiger partial charge in [-0.2, -0.15) is 0 Å². The smallest absolute Gasteiger partial charge is 0.336 e. The summed E-state index contributed by atoms with van der Waals surface area (Å²) in [6.07, 6.45) is 8.50. The summed E-state index contributed by atoms with van der Waals surface area (Å²) in [7, 11) is 2.10. The van der Waals surface area contributed by atoms with E-state index in [4.69, 9.17) is 15.8 Å². The van der Waals surface area contributed by atoms with Crippen LogP contribution >= 0.6 is 0 Å². The molecule has 4 heterocycles. The maximum atomic E-state index is 14.1. The zero-order valence-electron chi connectivity index (χ0n) is 42.2. The number of nitrogens with zero attached hydrogens (tertiary/aromatic N) is 4. The Kier molecular flexibility index (Phi) is 21.2. The van der Waals surface area contributed by atoms with Crippen molar-refractivity contribution in [2.45, 2.75) is 115 Å². The quantitative estimate of drug-likeness (QED) is 0.0221. The van der Waals surface area contributed by atoms with Gasteiger partial charge in [0.15, 0.2) is 18.6 Å². The van der Waals surface area contributed by atoms with Crippen LogP contribution in [0.2, 0.25) is 0 Å². The molecule has 75 heavy (non-hydrogen) atoms. The average Bonchev–Trinajstić information content (AvgIpc) is 4.18. The number of carbonyl (C=O) groups is 9. The van der Waals surface area contributed by atoms with Crippen molar-refractivity contribution in [3.05, 3.63) is 128 Å². The lowest BCUT2D eigenvalue weighted by Crippen LogP contribution is -2.56. The Morgan fingerprint density at radius 1 is 0.893 bits per heavy atom. The summed E-state index contributed by atoms with van der Waals surface area (Å²) < 4.78 is 5.78. The second-order valence-electron chi connectivity index (χ2n) is 18.4. The predicted molar refractivity (Wildman–Crippen MR) is 273 cm³/mol. The van der Waals surface area contributed by atoms with Gasteiger partial charge in [0.05, 0.1) is 18.7 Å². The number of nitrogens with two attached hydrogens (primary N) is 1. The van der Waals surface area contributed by atoms with Gasteiger partial charge in [-0.25, -0.2) is 9.59 Å². The third-order valence-corrected chi connectivity index (χ3v) is 13.2. The van der Waals surface area contributed by atoms with Crippen molar-refractivity contribution in [1.29, 1.82) is 0 Å². The zero-order chi connectivity index (χ0) is 54.8. The van der Waals surface area contributed by atoms with Crippen LogP contribution in [0.25, 0.3) is 10.9 Å². The minimum absolute atomic E-state index is 0.0523. The molecule has 2 fully saturated rings. The van der Waals surface area contributed by atoms with E-state index in [2.05, 4.69) is 20.4 Å². The van der Waals surface area contributed by atoms with Crippen LogP contribution in [0.1, 0.15) is 103 Å². The van der Waals surface area contributed by atoms with Gasteiger partial charge >= 0.3 is 11.9 Å². The largest absolute Gasteiger partial charge is 0.478 e. The molecule has 0 spiro atoms. The number of hydrogen-bond donors (Lipinski definition) is 5. The lowest BCUT2D eigenvalue weighted by Gasteiger charge is -2.30. The molecule has 5 atom stereocenters. The van der Waals surface area contributed by atoms with Crippen LogP contribution in [-0.2, 0) is 57.7 Å². The van der Waals surface area contributed by atoms with Gasteiger partial charge < -0.3 is 45.6 Å². The number of H-pyrrole nitrogens is 1. The van der Waals surface area contributed by atoms with Crippen molar-refractivity contribution in [3.63, 3.8) is 0 Å². The summed E-state index contributed by atoms with van der Waals surface area (Å²) in [6, 6.07) is 12.2. The summed E-state index contributed by atoms with van der Waals surface area (Å²) in [5.41, 5.74) is 6.38. The number of ether oxygens (including phenoxy) is 1. The monoisotopic (exact) mass is 1040 g/mol. The highest BCUT2D eigenvalue weighted by Gasteiger charge is 2.40. The molecule has 2 aromatic carbocycles. The number of likely N-dealkylation sites (tertiary alicyclic amines) is 2. The first-order chi connectivity index (χ1) is 35.8. The fourth-order valence-corrected chi connectivity index (χ4v) is 9.37. The summed E-state index contributed by atoms with van der Waals surface area (Å²) >= 11 is 0. The maximum Gasteiger partial charge on any atom is 0.336 e. The molecule has 22 heteroatoms. The van der Waals surface area contributed by atoms with Crippen molar-refractivity contribution in [2.75, 3.05) is 27.2 Å². The summed E-state index contributed by atoms with van der Waals surface area (Å²) in [6.45, 7) is 1.94. The van der Waals surface area contributed by atoms with Crippen molar-refractivity contribution in [3.8, 4) is 0 Å². The normalized spacial score (nSPS) is 16.3. The van der Waals surface area contributed by atoms with Gasteiger partial charge in [-0.3, -0.25) is 48.5 Å². The van der Waals surface area contributed by atoms with E-state index in [9.17, 15) is 53.1 Å². The number of Topliss-reactive ketones (excluding diaryl/α,β-unsaturated/α-hetero) is 2. The number of ketones is 2. The van der Waals surface area contributed by atoms with Gasteiger partial charge in [0.1, 0.15) is 24.7 Å². The topological polar surface area (TPSA) is 321 Å². The fraction of sp³-hybridized carbons (Fsp3) is 0.434. The number of carboxylic acids is 1. The number of fused-ring (bicyclic) bond motifs is 1. The second kappa shape index (κ2) is 27.7. The van der Waals surface area contributed by atoms with Crippen LogP contribution < -0.4 is 21.9 Å². The van der Waals surface area contributed by atoms with Gasteiger partial charge in [0, 0.05) is 83.7 Å². The van der Waals surface area contributed by atoms with Crippen molar-refractivity contribution >= 4 is 63.9 Å². The number of benzene rings is 2. The van der Waals surface area contributed by atoms with E-state index >= 15 is 0 Å². The number of primary amides is 1. The summed E-state index contributed by atoms with van der Waals surface area (Å²) in [5, 5.41) is 25.0. The molecule has 5 amide bonds. The molecule has 0 saturated carbocycles. The number of aromatic amines is 1. The Balaban J connectivity index is 0.00000251. The number of amides is 5. The first kappa shape index (κ1) is 57.6. The Morgan fingerprint density at radius 2 is 1.56 bits per heavy atom. The second-order valence-corrected chi connectivity index (χ2v) is 18.4. The van der Waals surface area contributed by atoms with Gasteiger partial charge in [0.2, 0.25) is 29.5 Å². The third kappa shape index (κ3) is 15.8. The molecule has 6 rings (SSSR count). The lowest BCUT2D eigenvalue weighted by molar-refractivity contribution is -0.445. The van der Waals surface area contributed by atoms with Gasteiger partial charge in [-0.15, -0.1) is 0 Å². The highest BCUT2D eigenvalue weighted by Crippen LogP contribution is 2.25. The molecular weight excluding hydrogens is 973 g/mol. The molecule has 0 bridgehead atoms. The number of esters is 1. The Labute approximate surface area is 432 Å². The highest BCUT2D eigenvalue weighted by molar-refractivity contribution is 6.07. The number of aromatic carboxylic acids is 1. The number of carbonyl (C=O) groups excluding carboxylic acids is 8. The molecule has 2 aromatic heterocycles. The van der Waals surface area contributed by atoms with Gasteiger partial charge in [-0.05, 0) is 68.7 Å². The number of para-hydroxylation sites is 1. The minimum Gasteiger partial charge on any atom is -0.478 e. The molecule has 2 aliphatic rings. The average molecular weight is 1040 g/mol. The highest BCUT2D eigenvalue weighted by atomic mass is 16.6. The van der Waals surface area contributed by atoms with Crippen LogP contribution in [0.15, 0.2) is 90.0 Å². The van der Waals surface area contributed by atoms with Crippen molar-refractivity contribution < 1.29 is 57.9 Å². The number of allylic oxidation sites excluding steroid dienone is 1. The molecule has 4 aromatic rings. The number of aromatic nitrogens is 2. The van der Waals surface area contributed by atoms with Gasteiger partial charge in [0.25, 0.3) is 5.56 Å². The maximum absolute atomic E-state index is 14.1. The van der Waals surface area contributed by atoms with Crippen LogP contribution in [0.3, 0.4) is 0 Å². The molecular formula is C53H64N8O14. The number of rotatable bonds is 24. The van der Waals surface area contributed by atoms with Crippen molar-refractivity contribution in [1.82, 2.24) is 30.0 Å². The lowest BCUT2D eigenvalue weighted by atomic mass is 9.90. The Morgan fingerprint density at radius 3 is 2.24 bits per heavy atom. The molecule has 400 valence electrons. The van der Waals surface area contributed by atoms with E-state index in [1.54, 1.807) is 6.20 Å². The summed E-state index contributed by atoms with van der Waals surface area (Å²) in [4.78, 5) is 148.